The summed E-state index contributed by atoms with van der Waals surface area (Å²) < 4.78 is 5.19. The molecule has 122 valence electrons. The van der Waals surface area contributed by atoms with Gasteiger partial charge in [0.15, 0.2) is 0 Å². The Hall–Kier alpha value is -3.08. The average Bonchev–Trinajstić information content (AvgIpc) is 2.96. The number of esters is 1. The van der Waals surface area contributed by atoms with Gasteiger partial charge in [0.1, 0.15) is 12.3 Å². The van der Waals surface area contributed by atoms with Crippen molar-refractivity contribution in [2.24, 2.45) is 0 Å². The number of aromatic nitrogens is 1. The molecule has 0 saturated heterocycles. The highest BCUT2D eigenvalue weighted by Crippen LogP contribution is 2.18. The number of aryl methyl sites for hydroxylation is 1. The molecule has 1 amide bonds. The van der Waals surface area contributed by atoms with Crippen molar-refractivity contribution >= 4 is 22.8 Å². The number of hydrogen-bond acceptors (Lipinski definition) is 3. The first-order valence-corrected chi connectivity index (χ1v) is 7.71. The molecule has 3 aromatic rings. The zero-order valence-corrected chi connectivity index (χ0v) is 13.3. The van der Waals surface area contributed by atoms with Gasteiger partial charge in [0.2, 0.25) is 5.91 Å². The highest BCUT2D eigenvalue weighted by atomic mass is 16.5. The predicted molar refractivity (Wildman–Crippen MR) is 91.8 cm³/mol. The molecule has 2 N–H and O–H groups in total. The minimum atomic E-state index is -0.493. The van der Waals surface area contributed by atoms with Crippen LogP contribution in [0, 0.1) is 6.92 Å². The Morgan fingerprint density at radius 3 is 2.79 bits per heavy atom. The van der Waals surface area contributed by atoms with Crippen LogP contribution in [0.25, 0.3) is 10.9 Å². The van der Waals surface area contributed by atoms with Gasteiger partial charge in [-0.2, -0.15) is 0 Å². The van der Waals surface area contributed by atoms with Crippen LogP contribution in [0.5, 0.6) is 5.75 Å². The second-order valence-electron chi connectivity index (χ2n) is 5.60. The molecule has 0 aliphatic rings. The third kappa shape index (κ3) is 3.81. The van der Waals surface area contributed by atoms with E-state index in [4.69, 9.17) is 4.74 Å². The number of amides is 1. The number of para-hydroxylation sites is 1. The largest absolute Gasteiger partial charge is 0.425 e. The number of hydrogen-bond donors (Lipinski definition) is 2. The normalized spacial score (nSPS) is 10.5. The molecule has 0 saturated carbocycles. The lowest BCUT2D eigenvalue weighted by atomic mass is 10.1. The van der Waals surface area contributed by atoms with E-state index in [0.717, 1.165) is 22.0 Å². The van der Waals surface area contributed by atoms with E-state index in [2.05, 4.69) is 10.3 Å². The molecular formula is C19H18N2O3. The van der Waals surface area contributed by atoms with Gasteiger partial charge in [-0.3, -0.25) is 4.79 Å². The van der Waals surface area contributed by atoms with E-state index in [1.54, 1.807) is 12.1 Å². The van der Waals surface area contributed by atoms with Crippen LogP contribution in [0.15, 0.2) is 54.7 Å². The first-order chi connectivity index (χ1) is 11.6. The van der Waals surface area contributed by atoms with Crippen LogP contribution in [0.2, 0.25) is 0 Å². The third-order valence-corrected chi connectivity index (χ3v) is 3.68. The number of benzene rings is 2. The van der Waals surface area contributed by atoms with E-state index in [0.29, 0.717) is 5.75 Å². The van der Waals surface area contributed by atoms with Crippen molar-refractivity contribution in [2.45, 2.75) is 13.3 Å². The molecule has 24 heavy (non-hydrogen) atoms. The van der Waals surface area contributed by atoms with Crippen molar-refractivity contribution in [3.63, 3.8) is 0 Å². The number of aromatic amines is 1. The van der Waals surface area contributed by atoms with Crippen molar-refractivity contribution in [1.29, 1.82) is 0 Å². The zero-order valence-electron chi connectivity index (χ0n) is 13.3. The summed E-state index contributed by atoms with van der Waals surface area (Å²) in [6.07, 6.45) is 2.02. The standard InChI is InChI=1S/C19H18N2O3/c1-13-5-4-6-15(9-13)24-19(23)12-21-18(22)10-14-11-20-17-8-3-2-7-16(14)17/h2-9,11,20H,10,12H2,1H3,(H,21,22). The van der Waals surface area contributed by atoms with Crippen LogP contribution < -0.4 is 10.1 Å². The molecule has 0 aliphatic heterocycles. The molecule has 0 unspecified atom stereocenters. The number of nitrogens with one attached hydrogen (secondary N) is 2. The number of carbonyl (C=O) groups excluding carboxylic acids is 2. The minimum absolute atomic E-state index is 0.158. The number of carbonyl (C=O) groups is 2. The molecule has 0 radical (unpaired) electrons. The third-order valence-electron chi connectivity index (χ3n) is 3.68. The lowest BCUT2D eigenvalue weighted by Crippen LogP contribution is -2.32. The smallest absolute Gasteiger partial charge is 0.330 e. The monoisotopic (exact) mass is 322 g/mol. The van der Waals surface area contributed by atoms with Crippen molar-refractivity contribution < 1.29 is 14.3 Å². The predicted octanol–water partition coefficient (Wildman–Crippen LogP) is 2.74. The maximum absolute atomic E-state index is 12.0. The van der Waals surface area contributed by atoms with E-state index in [1.807, 2.05) is 49.5 Å². The molecule has 2 aromatic carbocycles. The molecule has 0 fully saturated rings. The lowest BCUT2D eigenvalue weighted by molar-refractivity contribution is -0.135. The maximum atomic E-state index is 12.0. The first-order valence-electron chi connectivity index (χ1n) is 7.71. The SMILES string of the molecule is Cc1cccc(OC(=O)CNC(=O)Cc2c[nH]c3ccccc23)c1. The second-order valence-corrected chi connectivity index (χ2v) is 5.60. The van der Waals surface area contributed by atoms with E-state index in [-0.39, 0.29) is 18.9 Å². The second kappa shape index (κ2) is 7.00. The fraction of sp³-hybridized carbons (Fsp3) is 0.158. The van der Waals surface area contributed by atoms with Crippen molar-refractivity contribution in [3.8, 4) is 5.75 Å². The molecular weight excluding hydrogens is 304 g/mol. The molecule has 0 bridgehead atoms. The molecule has 0 aliphatic carbocycles. The molecule has 1 aromatic heterocycles. The van der Waals surface area contributed by atoms with Gasteiger partial charge in [0.25, 0.3) is 0 Å². The van der Waals surface area contributed by atoms with Crippen LogP contribution in [-0.2, 0) is 16.0 Å². The fourth-order valence-corrected chi connectivity index (χ4v) is 2.53. The molecule has 1 heterocycles. The van der Waals surface area contributed by atoms with Gasteiger partial charge >= 0.3 is 5.97 Å². The Morgan fingerprint density at radius 2 is 1.96 bits per heavy atom. The van der Waals surface area contributed by atoms with Crippen LogP contribution in [-0.4, -0.2) is 23.4 Å². The fourth-order valence-electron chi connectivity index (χ4n) is 2.53. The van der Waals surface area contributed by atoms with Gasteiger partial charge in [-0.05, 0) is 36.2 Å². The van der Waals surface area contributed by atoms with Gasteiger partial charge in [-0.25, -0.2) is 4.79 Å². The summed E-state index contributed by atoms with van der Waals surface area (Å²) in [5, 5.41) is 3.60. The highest BCUT2D eigenvalue weighted by Gasteiger charge is 2.11. The van der Waals surface area contributed by atoms with Gasteiger partial charge in [-0.15, -0.1) is 0 Å². The Morgan fingerprint density at radius 1 is 1.12 bits per heavy atom. The topological polar surface area (TPSA) is 71.2 Å². The van der Waals surface area contributed by atoms with E-state index < -0.39 is 5.97 Å². The van der Waals surface area contributed by atoms with Crippen LogP contribution in [0.3, 0.4) is 0 Å². The Kier molecular flexibility index (Phi) is 4.61. The van der Waals surface area contributed by atoms with Crippen molar-refractivity contribution in [2.75, 3.05) is 6.54 Å². The Balaban J connectivity index is 1.53. The van der Waals surface area contributed by atoms with E-state index in [9.17, 15) is 9.59 Å². The summed E-state index contributed by atoms with van der Waals surface area (Å²) in [5.74, 6) is -0.236. The van der Waals surface area contributed by atoms with E-state index >= 15 is 0 Å². The molecule has 0 atom stereocenters. The first kappa shape index (κ1) is 15.8. The Labute approximate surface area is 139 Å². The van der Waals surface area contributed by atoms with Crippen LogP contribution >= 0.6 is 0 Å². The summed E-state index contributed by atoms with van der Waals surface area (Å²) in [6.45, 7) is 1.76. The summed E-state index contributed by atoms with van der Waals surface area (Å²) >= 11 is 0. The maximum Gasteiger partial charge on any atom is 0.330 e. The van der Waals surface area contributed by atoms with Gasteiger partial charge in [0.05, 0.1) is 6.42 Å². The van der Waals surface area contributed by atoms with Crippen molar-refractivity contribution in [1.82, 2.24) is 10.3 Å². The van der Waals surface area contributed by atoms with Gasteiger partial charge in [-0.1, -0.05) is 30.3 Å². The molecule has 5 nitrogen and oxygen atoms in total. The van der Waals surface area contributed by atoms with E-state index in [1.165, 1.54) is 0 Å². The zero-order chi connectivity index (χ0) is 16.9. The number of rotatable bonds is 5. The summed E-state index contributed by atoms with van der Waals surface area (Å²) in [5.41, 5.74) is 2.89. The van der Waals surface area contributed by atoms with Gasteiger partial charge < -0.3 is 15.0 Å². The molecule has 5 heteroatoms. The van der Waals surface area contributed by atoms with Crippen LogP contribution in [0.4, 0.5) is 0 Å². The van der Waals surface area contributed by atoms with Crippen LogP contribution in [0.1, 0.15) is 11.1 Å². The quantitative estimate of drug-likeness (QED) is 0.560. The van der Waals surface area contributed by atoms with Gasteiger partial charge in [0, 0.05) is 17.1 Å². The highest BCUT2D eigenvalue weighted by molar-refractivity contribution is 5.90. The number of ether oxygens (including phenoxy) is 1. The minimum Gasteiger partial charge on any atom is -0.425 e. The lowest BCUT2D eigenvalue weighted by Gasteiger charge is -2.06. The number of H-pyrrole nitrogens is 1. The molecule has 3 rings (SSSR count). The number of fused-ring (bicyclic) bond motifs is 1. The summed E-state index contributed by atoms with van der Waals surface area (Å²) in [6, 6.07) is 15.0. The van der Waals surface area contributed by atoms with Crippen molar-refractivity contribution in [3.05, 3.63) is 65.9 Å². The Bertz CT molecular complexity index is 883. The molecule has 0 spiro atoms. The average molecular weight is 322 g/mol. The summed E-state index contributed by atoms with van der Waals surface area (Å²) in [7, 11) is 0. The summed E-state index contributed by atoms with van der Waals surface area (Å²) in [4.78, 5) is 27.0.